The molecule has 0 radical (unpaired) electrons. The van der Waals surface area contributed by atoms with Gasteiger partial charge in [-0.15, -0.1) is 0 Å². The molecule has 2 aromatic carbocycles. The van der Waals surface area contributed by atoms with Crippen molar-refractivity contribution < 1.29 is 4.42 Å². The second-order valence-corrected chi connectivity index (χ2v) is 6.79. The molecule has 3 aromatic heterocycles. The highest BCUT2D eigenvalue weighted by atomic mass is 16.3. The highest BCUT2D eigenvalue weighted by Crippen LogP contribution is 2.32. The normalized spacial score (nSPS) is 11.3. The molecule has 0 aliphatic rings. The van der Waals surface area contributed by atoms with E-state index in [0.717, 1.165) is 34.7 Å². The highest BCUT2D eigenvalue weighted by Gasteiger charge is 2.17. The Kier molecular flexibility index (Phi) is 4.01. The van der Waals surface area contributed by atoms with Crippen LogP contribution in [0.15, 0.2) is 77.7 Å². The van der Waals surface area contributed by atoms with Crippen LogP contribution in [0.4, 0.5) is 5.82 Å². The third-order valence-electron chi connectivity index (χ3n) is 4.88. The molecule has 0 N–H and O–H groups in total. The van der Waals surface area contributed by atoms with E-state index in [2.05, 4.69) is 48.7 Å². The van der Waals surface area contributed by atoms with Crippen LogP contribution in [0.25, 0.3) is 22.1 Å². The van der Waals surface area contributed by atoms with Crippen molar-refractivity contribution in [2.45, 2.75) is 13.1 Å². The summed E-state index contributed by atoms with van der Waals surface area (Å²) in [6, 6.07) is 18.3. The lowest BCUT2D eigenvalue weighted by molar-refractivity contribution is 0.657. The number of nitrogens with zero attached hydrogens (tertiary/aromatic N) is 5. The average molecular weight is 369 g/mol. The van der Waals surface area contributed by atoms with Crippen molar-refractivity contribution in [2.75, 3.05) is 11.9 Å². The van der Waals surface area contributed by atoms with Gasteiger partial charge in [0.2, 0.25) is 0 Å². The average Bonchev–Trinajstić information content (AvgIpc) is 3.32. The maximum absolute atomic E-state index is 6.06. The van der Waals surface area contributed by atoms with Crippen LogP contribution in [-0.2, 0) is 13.1 Å². The molecule has 6 nitrogen and oxygen atoms in total. The van der Waals surface area contributed by atoms with Gasteiger partial charge in [-0.3, -0.25) is 0 Å². The van der Waals surface area contributed by atoms with Gasteiger partial charge in [0.05, 0.1) is 6.54 Å². The van der Waals surface area contributed by atoms with Gasteiger partial charge in [0.1, 0.15) is 23.3 Å². The van der Waals surface area contributed by atoms with Crippen LogP contribution < -0.4 is 4.90 Å². The maximum Gasteiger partial charge on any atom is 0.196 e. The van der Waals surface area contributed by atoms with Crippen molar-refractivity contribution >= 4 is 27.9 Å². The first-order chi connectivity index (χ1) is 13.8. The fraction of sp³-hybridized carbons (Fsp3) is 0.136. The minimum absolute atomic E-state index is 0.614. The van der Waals surface area contributed by atoms with Gasteiger partial charge in [-0.05, 0) is 17.7 Å². The van der Waals surface area contributed by atoms with Crippen LogP contribution in [0.3, 0.4) is 0 Å². The van der Waals surface area contributed by atoms with Crippen LogP contribution in [-0.4, -0.2) is 26.6 Å². The van der Waals surface area contributed by atoms with E-state index in [9.17, 15) is 0 Å². The molecule has 0 unspecified atom stereocenters. The fourth-order valence-corrected chi connectivity index (χ4v) is 3.49. The lowest BCUT2D eigenvalue weighted by atomic mass is 10.2. The number of anilines is 1. The first-order valence-electron chi connectivity index (χ1n) is 9.17. The SMILES string of the molecule is CN(Cc1nccn1Cc1ccccc1)c1ncnc2c1oc1ccccc12. The number of hydrogen-bond acceptors (Lipinski definition) is 5. The van der Waals surface area contributed by atoms with E-state index in [-0.39, 0.29) is 0 Å². The summed E-state index contributed by atoms with van der Waals surface area (Å²) in [5.41, 5.74) is 3.59. The Labute approximate surface area is 162 Å². The Morgan fingerprint density at radius 1 is 0.964 bits per heavy atom. The molecule has 138 valence electrons. The van der Waals surface area contributed by atoms with Crippen LogP contribution in [0.1, 0.15) is 11.4 Å². The Balaban J connectivity index is 1.47. The summed E-state index contributed by atoms with van der Waals surface area (Å²) < 4.78 is 8.21. The molecule has 0 fully saturated rings. The molecule has 0 aliphatic carbocycles. The zero-order chi connectivity index (χ0) is 18.9. The van der Waals surface area contributed by atoms with Gasteiger partial charge >= 0.3 is 0 Å². The minimum Gasteiger partial charge on any atom is -0.450 e. The topological polar surface area (TPSA) is 60.0 Å². The molecule has 0 bridgehead atoms. The van der Waals surface area contributed by atoms with Gasteiger partial charge in [-0.1, -0.05) is 42.5 Å². The van der Waals surface area contributed by atoms with Crippen molar-refractivity contribution in [1.82, 2.24) is 19.5 Å². The first kappa shape index (κ1) is 16.5. The summed E-state index contributed by atoms with van der Waals surface area (Å²) >= 11 is 0. The van der Waals surface area contributed by atoms with Gasteiger partial charge in [0.25, 0.3) is 0 Å². The lowest BCUT2D eigenvalue weighted by Crippen LogP contribution is -2.21. The first-order valence-corrected chi connectivity index (χ1v) is 9.17. The Morgan fingerprint density at radius 3 is 2.68 bits per heavy atom. The van der Waals surface area contributed by atoms with Crippen molar-refractivity contribution in [1.29, 1.82) is 0 Å². The molecule has 0 saturated carbocycles. The quantitative estimate of drug-likeness (QED) is 0.463. The van der Waals surface area contributed by atoms with E-state index in [1.165, 1.54) is 5.56 Å². The third-order valence-corrected chi connectivity index (χ3v) is 4.88. The molecule has 0 spiro atoms. The number of para-hydroxylation sites is 1. The summed E-state index contributed by atoms with van der Waals surface area (Å²) in [6.07, 6.45) is 5.43. The molecule has 0 aliphatic heterocycles. The number of aromatic nitrogens is 4. The maximum atomic E-state index is 6.06. The van der Waals surface area contributed by atoms with Crippen molar-refractivity contribution in [3.8, 4) is 0 Å². The largest absolute Gasteiger partial charge is 0.450 e. The second kappa shape index (κ2) is 6.81. The Morgan fingerprint density at radius 2 is 1.79 bits per heavy atom. The monoisotopic (exact) mass is 369 g/mol. The summed E-state index contributed by atoms with van der Waals surface area (Å²) in [4.78, 5) is 15.5. The van der Waals surface area contributed by atoms with E-state index < -0.39 is 0 Å². The number of fused-ring (bicyclic) bond motifs is 3. The zero-order valence-electron chi connectivity index (χ0n) is 15.5. The molecule has 0 amide bonds. The molecule has 0 saturated heterocycles. The van der Waals surface area contributed by atoms with E-state index in [1.54, 1.807) is 6.33 Å². The van der Waals surface area contributed by atoms with Crippen LogP contribution in [0.2, 0.25) is 0 Å². The summed E-state index contributed by atoms with van der Waals surface area (Å²) in [5, 5.41) is 1.00. The smallest absolute Gasteiger partial charge is 0.196 e. The molecule has 6 heteroatoms. The lowest BCUT2D eigenvalue weighted by Gasteiger charge is -2.18. The summed E-state index contributed by atoms with van der Waals surface area (Å²) in [5.74, 6) is 1.73. The van der Waals surface area contributed by atoms with E-state index in [0.29, 0.717) is 12.1 Å². The predicted molar refractivity (Wildman–Crippen MR) is 109 cm³/mol. The van der Waals surface area contributed by atoms with E-state index in [4.69, 9.17) is 4.42 Å². The van der Waals surface area contributed by atoms with Crippen molar-refractivity contribution in [3.05, 3.63) is 84.7 Å². The van der Waals surface area contributed by atoms with E-state index in [1.807, 2.05) is 49.8 Å². The standard InChI is InChI=1S/C22H19N5O/c1-26(14-19-23-11-12-27(19)13-16-7-3-2-4-8-16)22-21-20(24-15-25-22)17-9-5-6-10-18(17)28-21/h2-12,15H,13-14H2,1H3. The van der Waals surface area contributed by atoms with Crippen LogP contribution >= 0.6 is 0 Å². The minimum atomic E-state index is 0.614. The molecule has 3 heterocycles. The third kappa shape index (κ3) is 2.89. The van der Waals surface area contributed by atoms with Crippen LogP contribution in [0.5, 0.6) is 0 Å². The van der Waals surface area contributed by atoms with Crippen LogP contribution in [0, 0.1) is 0 Å². The highest BCUT2D eigenvalue weighted by molar-refractivity contribution is 6.05. The number of furan rings is 1. The fourth-order valence-electron chi connectivity index (χ4n) is 3.49. The Hall–Kier alpha value is -3.67. The molecule has 5 rings (SSSR count). The van der Waals surface area contributed by atoms with Gasteiger partial charge in [-0.2, -0.15) is 0 Å². The van der Waals surface area contributed by atoms with Crippen molar-refractivity contribution in [3.63, 3.8) is 0 Å². The summed E-state index contributed by atoms with van der Waals surface area (Å²) in [6.45, 7) is 1.40. The summed E-state index contributed by atoms with van der Waals surface area (Å²) in [7, 11) is 2.00. The molecular weight excluding hydrogens is 350 g/mol. The van der Waals surface area contributed by atoms with Crippen molar-refractivity contribution in [2.24, 2.45) is 0 Å². The van der Waals surface area contributed by atoms with Gasteiger partial charge in [0.15, 0.2) is 11.4 Å². The van der Waals surface area contributed by atoms with Gasteiger partial charge in [-0.25, -0.2) is 15.0 Å². The predicted octanol–water partition coefficient (Wildman–Crippen LogP) is 4.26. The molecular formula is C22H19N5O. The molecule has 28 heavy (non-hydrogen) atoms. The zero-order valence-corrected chi connectivity index (χ0v) is 15.5. The number of hydrogen-bond donors (Lipinski definition) is 0. The van der Waals surface area contributed by atoms with Gasteiger partial charge < -0.3 is 13.9 Å². The number of imidazole rings is 1. The van der Waals surface area contributed by atoms with E-state index >= 15 is 0 Å². The second-order valence-electron chi connectivity index (χ2n) is 6.79. The molecule has 5 aromatic rings. The Bertz CT molecular complexity index is 1240. The number of rotatable bonds is 5. The van der Waals surface area contributed by atoms with Gasteiger partial charge in [0, 0.05) is 31.4 Å². The molecule has 0 atom stereocenters. The number of benzene rings is 2.